The highest BCUT2D eigenvalue weighted by Crippen LogP contribution is 2.28. The van der Waals surface area contributed by atoms with E-state index >= 15 is 0 Å². The fourth-order valence-corrected chi connectivity index (χ4v) is 2.83. The predicted octanol–water partition coefficient (Wildman–Crippen LogP) is 0.863. The minimum Gasteiger partial charge on any atom is -0.370 e. The number of nitrogens with zero attached hydrogens (tertiary/aromatic N) is 3. The number of piperazine rings is 1. The molecule has 0 aromatic heterocycles. The van der Waals surface area contributed by atoms with Crippen molar-refractivity contribution in [3.8, 4) is 0 Å². The van der Waals surface area contributed by atoms with Crippen molar-refractivity contribution in [1.29, 1.82) is 0 Å². The van der Waals surface area contributed by atoms with Crippen LogP contribution < -0.4 is 16.8 Å². The van der Waals surface area contributed by atoms with Gasteiger partial charge in [0.2, 0.25) is 0 Å². The Labute approximate surface area is 134 Å². The molecule has 1 fully saturated rings. The van der Waals surface area contributed by atoms with E-state index in [1.54, 1.807) is 0 Å². The summed E-state index contributed by atoms with van der Waals surface area (Å²) in [6, 6.07) is 0.512. The number of hydrogen-bond acceptors (Lipinski definition) is 6. The second kappa shape index (κ2) is 6.08. The average molecular weight is 308 g/mol. The molecule has 0 aromatic rings. The molecule has 2 aliphatic heterocycles. The Kier molecular flexibility index (Phi) is 4.73. The molecule has 0 spiro atoms. The standard InChI is InChI=1S/C16H32N6/c1-12-11-22(9-8-21(12)5)13-10-16(18,20-14(17)19-13)7-6-15(2,3)4/h10,12H,6-9,11,18H2,1-5H3,(H3,17,19,20). The zero-order valence-corrected chi connectivity index (χ0v) is 14.7. The minimum atomic E-state index is -0.704. The van der Waals surface area contributed by atoms with Gasteiger partial charge in [-0.2, -0.15) is 0 Å². The molecule has 2 rings (SSSR count). The molecule has 0 aliphatic carbocycles. The first-order valence-electron chi connectivity index (χ1n) is 8.17. The third-order valence-electron chi connectivity index (χ3n) is 4.55. The predicted molar refractivity (Wildman–Crippen MR) is 92.1 cm³/mol. The molecule has 2 heterocycles. The Morgan fingerprint density at radius 1 is 1.41 bits per heavy atom. The molecular weight excluding hydrogens is 276 g/mol. The molecule has 0 radical (unpaired) electrons. The van der Waals surface area contributed by atoms with Crippen LogP contribution in [-0.2, 0) is 0 Å². The molecule has 2 atom stereocenters. The lowest BCUT2D eigenvalue weighted by Crippen LogP contribution is -2.55. The Morgan fingerprint density at radius 2 is 2.09 bits per heavy atom. The number of nitrogens with one attached hydrogen (secondary N) is 1. The van der Waals surface area contributed by atoms with Crippen molar-refractivity contribution in [3.05, 3.63) is 11.9 Å². The maximum absolute atomic E-state index is 6.49. The molecule has 2 aliphatic rings. The van der Waals surface area contributed by atoms with Gasteiger partial charge in [-0.25, -0.2) is 4.99 Å². The highest BCUT2D eigenvalue weighted by molar-refractivity contribution is 5.81. The van der Waals surface area contributed by atoms with Crippen LogP contribution in [0.4, 0.5) is 0 Å². The van der Waals surface area contributed by atoms with Gasteiger partial charge in [-0.05, 0) is 38.3 Å². The summed E-state index contributed by atoms with van der Waals surface area (Å²) < 4.78 is 0. The zero-order valence-electron chi connectivity index (χ0n) is 14.7. The van der Waals surface area contributed by atoms with Crippen molar-refractivity contribution in [2.45, 2.75) is 52.2 Å². The van der Waals surface area contributed by atoms with Crippen molar-refractivity contribution >= 4 is 5.96 Å². The molecule has 0 bridgehead atoms. The summed E-state index contributed by atoms with van der Waals surface area (Å²) in [6.45, 7) is 11.9. The van der Waals surface area contributed by atoms with E-state index in [9.17, 15) is 0 Å². The molecule has 0 amide bonds. The van der Waals surface area contributed by atoms with E-state index in [0.717, 1.165) is 38.3 Å². The largest absolute Gasteiger partial charge is 0.370 e. The van der Waals surface area contributed by atoms with Crippen molar-refractivity contribution < 1.29 is 0 Å². The van der Waals surface area contributed by atoms with Crippen molar-refractivity contribution in [3.63, 3.8) is 0 Å². The van der Waals surface area contributed by atoms with Gasteiger partial charge in [0.1, 0.15) is 11.5 Å². The number of hydrogen-bond donors (Lipinski definition) is 3. The molecule has 0 saturated carbocycles. The van der Waals surface area contributed by atoms with Crippen LogP contribution in [0.5, 0.6) is 0 Å². The zero-order chi connectivity index (χ0) is 16.5. The Morgan fingerprint density at radius 3 is 2.68 bits per heavy atom. The van der Waals surface area contributed by atoms with Crippen LogP contribution in [0.1, 0.15) is 40.5 Å². The normalized spacial score (nSPS) is 30.6. The van der Waals surface area contributed by atoms with E-state index in [4.69, 9.17) is 11.5 Å². The smallest absolute Gasteiger partial charge is 0.196 e. The van der Waals surface area contributed by atoms with Crippen LogP contribution in [0.25, 0.3) is 0 Å². The fourth-order valence-electron chi connectivity index (χ4n) is 2.83. The van der Waals surface area contributed by atoms with Gasteiger partial charge >= 0.3 is 0 Å². The van der Waals surface area contributed by atoms with E-state index in [1.165, 1.54) is 0 Å². The van der Waals surface area contributed by atoms with E-state index < -0.39 is 5.66 Å². The molecular formula is C16H32N6. The van der Waals surface area contributed by atoms with Gasteiger partial charge in [0, 0.05) is 25.7 Å². The van der Waals surface area contributed by atoms with Crippen LogP contribution in [-0.4, -0.2) is 54.1 Å². The van der Waals surface area contributed by atoms with Crippen molar-refractivity contribution in [2.24, 2.45) is 21.9 Å². The number of likely N-dealkylation sites (N-methyl/N-ethyl adjacent to an activating group) is 1. The summed E-state index contributed by atoms with van der Waals surface area (Å²) >= 11 is 0. The van der Waals surface area contributed by atoms with E-state index in [2.05, 4.69) is 54.9 Å². The third-order valence-corrected chi connectivity index (χ3v) is 4.55. The summed E-state index contributed by atoms with van der Waals surface area (Å²) in [5, 5.41) is 3.19. The van der Waals surface area contributed by atoms with Crippen molar-refractivity contribution in [2.75, 3.05) is 26.7 Å². The molecule has 0 aromatic carbocycles. The van der Waals surface area contributed by atoms with Crippen LogP contribution in [0, 0.1) is 5.41 Å². The molecule has 6 heteroatoms. The van der Waals surface area contributed by atoms with Gasteiger partial charge < -0.3 is 26.6 Å². The average Bonchev–Trinajstić information content (AvgIpc) is 2.38. The first-order chi connectivity index (χ1) is 10.1. The first kappa shape index (κ1) is 17.1. The van der Waals surface area contributed by atoms with Gasteiger partial charge in [-0.3, -0.25) is 0 Å². The number of nitrogens with two attached hydrogens (primary N) is 2. The summed E-state index contributed by atoms with van der Waals surface area (Å²) in [5.41, 5.74) is 12.0. The van der Waals surface area contributed by atoms with Gasteiger partial charge in [-0.15, -0.1) is 0 Å². The van der Waals surface area contributed by atoms with Crippen LogP contribution >= 0.6 is 0 Å². The Bertz CT molecular complexity index is 464. The highest BCUT2D eigenvalue weighted by atomic mass is 15.4. The molecule has 5 N–H and O–H groups in total. The summed E-state index contributed by atoms with van der Waals surface area (Å²) in [7, 11) is 2.16. The van der Waals surface area contributed by atoms with E-state index in [1.807, 2.05) is 6.08 Å². The second-order valence-corrected chi connectivity index (χ2v) is 7.98. The van der Waals surface area contributed by atoms with Gasteiger partial charge in [0.05, 0.1) is 0 Å². The monoisotopic (exact) mass is 308 g/mol. The lowest BCUT2D eigenvalue weighted by atomic mass is 9.86. The summed E-state index contributed by atoms with van der Waals surface area (Å²) in [4.78, 5) is 9.14. The molecule has 6 nitrogen and oxygen atoms in total. The Hall–Kier alpha value is -1.27. The van der Waals surface area contributed by atoms with Crippen LogP contribution in [0.15, 0.2) is 16.9 Å². The molecule has 2 unspecified atom stereocenters. The molecule has 22 heavy (non-hydrogen) atoms. The highest BCUT2D eigenvalue weighted by Gasteiger charge is 2.31. The quantitative estimate of drug-likeness (QED) is 0.720. The second-order valence-electron chi connectivity index (χ2n) is 7.98. The maximum atomic E-state index is 6.49. The lowest BCUT2D eigenvalue weighted by Gasteiger charge is -2.42. The minimum absolute atomic E-state index is 0.234. The summed E-state index contributed by atoms with van der Waals surface area (Å²) in [6.07, 6.45) is 3.85. The number of rotatable bonds is 3. The molecule has 126 valence electrons. The number of aliphatic imine (C=N–C) groups is 1. The van der Waals surface area contributed by atoms with Crippen LogP contribution in [0.3, 0.4) is 0 Å². The topological polar surface area (TPSA) is 82.9 Å². The van der Waals surface area contributed by atoms with Gasteiger partial charge in [-0.1, -0.05) is 20.8 Å². The SMILES string of the molecule is CC1CN(C2=CC(N)(CCC(C)(C)C)N=C(N)N2)CCN1C. The number of guanidine groups is 1. The van der Waals surface area contributed by atoms with Gasteiger partial charge in [0.25, 0.3) is 0 Å². The lowest BCUT2D eigenvalue weighted by molar-refractivity contribution is 0.125. The van der Waals surface area contributed by atoms with Gasteiger partial charge in [0.15, 0.2) is 5.96 Å². The van der Waals surface area contributed by atoms with E-state index in [-0.39, 0.29) is 5.41 Å². The molecule has 1 saturated heterocycles. The third kappa shape index (κ3) is 4.36. The first-order valence-corrected chi connectivity index (χ1v) is 8.17. The fraction of sp³-hybridized carbons (Fsp3) is 0.812. The van der Waals surface area contributed by atoms with E-state index in [0.29, 0.717) is 12.0 Å². The van der Waals surface area contributed by atoms with Crippen molar-refractivity contribution in [1.82, 2.24) is 15.1 Å². The maximum Gasteiger partial charge on any atom is 0.196 e. The summed E-state index contributed by atoms with van der Waals surface area (Å²) in [5.74, 6) is 1.42. The Balaban J connectivity index is 2.11. The van der Waals surface area contributed by atoms with Crippen LogP contribution in [0.2, 0.25) is 0 Å².